The fourth-order valence-corrected chi connectivity index (χ4v) is 7.78. The summed E-state index contributed by atoms with van der Waals surface area (Å²) in [6, 6.07) is 45.9. The van der Waals surface area contributed by atoms with Crippen molar-refractivity contribution < 1.29 is 0 Å². The highest BCUT2D eigenvalue weighted by molar-refractivity contribution is 6.25. The Morgan fingerprint density at radius 1 is 0.510 bits per heavy atom. The molecule has 0 N–H and O–H groups in total. The van der Waals surface area contributed by atoms with Gasteiger partial charge in [0.05, 0.1) is 22.4 Å². The van der Waals surface area contributed by atoms with Crippen LogP contribution in [0, 0.1) is 0 Å². The van der Waals surface area contributed by atoms with E-state index in [1.165, 1.54) is 59.9 Å². The first kappa shape index (κ1) is 27.7. The van der Waals surface area contributed by atoms with E-state index in [0.717, 1.165) is 45.5 Å². The highest BCUT2D eigenvalue weighted by atomic mass is 15.0. The Bertz CT molecular complexity index is 2780. The lowest BCUT2D eigenvalue weighted by molar-refractivity contribution is 1.11. The molecule has 0 radical (unpaired) electrons. The number of hydrogen-bond donors (Lipinski definition) is 0. The van der Waals surface area contributed by atoms with Crippen molar-refractivity contribution in [2.75, 3.05) is 0 Å². The summed E-state index contributed by atoms with van der Waals surface area (Å²) in [6.45, 7) is 2.21. The average Bonchev–Trinajstić information content (AvgIpc) is 3.51. The molecule has 0 atom stereocenters. The third-order valence-electron chi connectivity index (χ3n) is 10.1. The lowest BCUT2D eigenvalue weighted by Gasteiger charge is -2.14. The van der Waals surface area contributed by atoms with Gasteiger partial charge in [0, 0.05) is 52.4 Å². The Morgan fingerprint density at radius 3 is 1.94 bits per heavy atom. The van der Waals surface area contributed by atoms with E-state index in [-0.39, 0.29) is 0 Å². The molecule has 0 amide bonds. The van der Waals surface area contributed by atoms with E-state index >= 15 is 0 Å². The van der Waals surface area contributed by atoms with Crippen LogP contribution >= 0.6 is 0 Å². The van der Waals surface area contributed by atoms with E-state index < -0.39 is 0 Å². The van der Waals surface area contributed by atoms with E-state index in [4.69, 9.17) is 9.97 Å². The monoisotopic (exact) mass is 626 g/mol. The van der Waals surface area contributed by atoms with Crippen LogP contribution in [0.2, 0.25) is 0 Å². The normalized spacial score (nSPS) is 11.9. The third-order valence-corrected chi connectivity index (χ3v) is 10.1. The molecule has 4 nitrogen and oxygen atoms in total. The largest absolute Gasteiger partial charge is 0.309 e. The predicted octanol–water partition coefficient (Wildman–Crippen LogP) is 11.4. The topological polar surface area (TPSA) is 43.6 Å². The minimum atomic E-state index is 0.860. The molecule has 0 saturated heterocycles. The molecular weight excluding hydrogens is 597 g/mol. The van der Waals surface area contributed by atoms with Gasteiger partial charge in [0.2, 0.25) is 0 Å². The predicted molar refractivity (Wildman–Crippen MR) is 204 cm³/mol. The summed E-state index contributed by atoms with van der Waals surface area (Å²) in [4.78, 5) is 14.2. The molecule has 0 aliphatic heterocycles. The fraction of sp³-hybridized carbons (Fsp3) is 0.0444. The lowest BCUT2D eigenvalue weighted by Crippen LogP contribution is -1.97. The maximum atomic E-state index is 4.89. The van der Waals surface area contributed by atoms with Crippen LogP contribution in [0.4, 0.5) is 0 Å². The van der Waals surface area contributed by atoms with Gasteiger partial charge < -0.3 is 4.57 Å². The molecule has 0 aliphatic carbocycles. The maximum Gasteiger partial charge on any atom is 0.0886 e. The van der Waals surface area contributed by atoms with Gasteiger partial charge in [-0.15, -0.1) is 0 Å². The summed E-state index contributed by atoms with van der Waals surface area (Å²) in [6.07, 6.45) is 8.71. The van der Waals surface area contributed by atoms with Crippen molar-refractivity contribution >= 4 is 54.1 Å². The van der Waals surface area contributed by atoms with Crippen LogP contribution in [-0.4, -0.2) is 19.5 Å². The van der Waals surface area contributed by atoms with Crippen molar-refractivity contribution in [1.82, 2.24) is 19.5 Å². The van der Waals surface area contributed by atoms with E-state index in [1.54, 1.807) is 0 Å². The van der Waals surface area contributed by atoms with Crippen LogP contribution in [0.25, 0.3) is 93.5 Å². The van der Waals surface area contributed by atoms with E-state index in [1.807, 2.05) is 24.8 Å². The molecule has 0 saturated carbocycles. The van der Waals surface area contributed by atoms with Crippen LogP contribution < -0.4 is 0 Å². The van der Waals surface area contributed by atoms with Crippen LogP contribution in [0.3, 0.4) is 0 Å². The SMILES string of the molecule is CCc1cc(-n2c3ccccc3c3cnccc32)ccc1-c1ccc(-c2ccc(-c3ccc4ccc5cccc6ccc3c4c56)cn2)nc1. The average molecular weight is 627 g/mol. The highest BCUT2D eigenvalue weighted by Crippen LogP contribution is 2.39. The zero-order valence-electron chi connectivity index (χ0n) is 26.9. The van der Waals surface area contributed by atoms with Gasteiger partial charge in [-0.1, -0.05) is 97.9 Å². The van der Waals surface area contributed by atoms with Crippen LogP contribution in [-0.2, 0) is 6.42 Å². The maximum absolute atomic E-state index is 4.89. The minimum Gasteiger partial charge on any atom is -0.309 e. The molecule has 230 valence electrons. The van der Waals surface area contributed by atoms with Crippen LogP contribution in [0.1, 0.15) is 12.5 Å². The fourth-order valence-electron chi connectivity index (χ4n) is 7.78. The number of benzene rings is 6. The molecule has 0 bridgehead atoms. The second-order valence-electron chi connectivity index (χ2n) is 12.8. The minimum absolute atomic E-state index is 0.860. The van der Waals surface area contributed by atoms with Gasteiger partial charge in [-0.2, -0.15) is 0 Å². The number of pyridine rings is 3. The second-order valence-corrected chi connectivity index (χ2v) is 12.8. The first-order valence-corrected chi connectivity index (χ1v) is 16.8. The van der Waals surface area contributed by atoms with Gasteiger partial charge in [0.15, 0.2) is 0 Å². The van der Waals surface area contributed by atoms with Crippen molar-refractivity contribution in [3.63, 3.8) is 0 Å². The van der Waals surface area contributed by atoms with E-state index in [0.29, 0.717) is 0 Å². The molecule has 10 rings (SSSR count). The summed E-state index contributed by atoms with van der Waals surface area (Å²) in [7, 11) is 0. The number of aromatic nitrogens is 4. The number of aryl methyl sites for hydroxylation is 1. The Kier molecular flexibility index (Phi) is 6.12. The van der Waals surface area contributed by atoms with Gasteiger partial charge >= 0.3 is 0 Å². The first-order valence-electron chi connectivity index (χ1n) is 16.8. The molecule has 4 heterocycles. The lowest BCUT2D eigenvalue weighted by atomic mass is 9.90. The molecule has 0 fully saturated rings. The molecule has 6 aromatic carbocycles. The van der Waals surface area contributed by atoms with Crippen LogP contribution in [0.5, 0.6) is 0 Å². The zero-order chi connectivity index (χ0) is 32.5. The van der Waals surface area contributed by atoms with Crippen molar-refractivity contribution in [1.29, 1.82) is 0 Å². The van der Waals surface area contributed by atoms with Crippen molar-refractivity contribution in [3.8, 4) is 39.3 Å². The Labute approximate surface area is 283 Å². The van der Waals surface area contributed by atoms with Gasteiger partial charge in [0.1, 0.15) is 0 Å². The van der Waals surface area contributed by atoms with E-state index in [9.17, 15) is 0 Å². The Morgan fingerprint density at radius 2 is 1.18 bits per heavy atom. The quantitative estimate of drug-likeness (QED) is 0.179. The summed E-state index contributed by atoms with van der Waals surface area (Å²) < 4.78 is 2.34. The molecule has 4 heteroatoms. The molecular formula is C45H30N4. The van der Waals surface area contributed by atoms with Crippen molar-refractivity contribution in [3.05, 3.63) is 158 Å². The molecule has 10 aromatic rings. The number of hydrogen-bond acceptors (Lipinski definition) is 3. The van der Waals surface area contributed by atoms with Crippen LogP contribution in [0.15, 0.2) is 152 Å². The third kappa shape index (κ3) is 4.27. The van der Waals surface area contributed by atoms with Gasteiger partial charge in [-0.05, 0) is 91.8 Å². The van der Waals surface area contributed by atoms with Gasteiger partial charge in [-0.3, -0.25) is 15.0 Å². The second kappa shape index (κ2) is 10.8. The smallest absolute Gasteiger partial charge is 0.0886 e. The number of rotatable bonds is 5. The Hall–Kier alpha value is -6.39. The summed E-state index contributed by atoms with van der Waals surface area (Å²) >= 11 is 0. The van der Waals surface area contributed by atoms with Crippen molar-refractivity contribution in [2.24, 2.45) is 0 Å². The summed E-state index contributed by atoms with van der Waals surface area (Å²) in [5.41, 5.74) is 11.1. The molecule has 0 spiro atoms. The highest BCUT2D eigenvalue weighted by Gasteiger charge is 2.15. The molecule has 0 unspecified atom stereocenters. The van der Waals surface area contributed by atoms with Gasteiger partial charge in [0.25, 0.3) is 0 Å². The summed E-state index contributed by atoms with van der Waals surface area (Å²) in [5, 5.41) is 10.1. The summed E-state index contributed by atoms with van der Waals surface area (Å²) in [5.74, 6) is 0. The molecule has 0 aliphatic rings. The number of fused-ring (bicyclic) bond motifs is 3. The zero-order valence-corrected chi connectivity index (χ0v) is 26.9. The standard InChI is InChI=1S/C45H30N4/c1-2-28-24-34(49-42-9-4-3-8-37(42)39-27-46-23-22-43(39)49)16-19-35(28)32-14-20-40(47-25-32)41-21-15-33(26-48-41)36-17-12-31-11-10-29-6-5-7-30-13-18-38(36)45(31)44(29)30/h3-27H,2H2,1H3. The first-order chi connectivity index (χ1) is 24.2. The number of para-hydroxylation sites is 1. The Balaban J connectivity index is 0.978. The van der Waals surface area contributed by atoms with Gasteiger partial charge in [-0.25, -0.2) is 0 Å². The molecule has 4 aromatic heterocycles. The van der Waals surface area contributed by atoms with E-state index in [2.05, 4.69) is 144 Å². The number of nitrogens with zero attached hydrogens (tertiary/aromatic N) is 4. The molecule has 49 heavy (non-hydrogen) atoms. The van der Waals surface area contributed by atoms with Crippen molar-refractivity contribution in [2.45, 2.75) is 13.3 Å².